The Balaban J connectivity index is 2.04. The van der Waals surface area contributed by atoms with Crippen LogP contribution in [0.3, 0.4) is 0 Å². The van der Waals surface area contributed by atoms with Crippen LogP contribution in [0.1, 0.15) is 16.8 Å². The third kappa shape index (κ3) is 4.12. The van der Waals surface area contributed by atoms with Gasteiger partial charge < -0.3 is 10.7 Å². The van der Waals surface area contributed by atoms with Crippen LogP contribution >= 0.6 is 12.2 Å². The Morgan fingerprint density at radius 2 is 2.25 bits per heavy atom. The molecule has 2 aromatic rings. The molecule has 0 spiro atoms. The lowest BCUT2D eigenvalue weighted by Gasteiger charge is -2.07. The van der Waals surface area contributed by atoms with Crippen molar-refractivity contribution in [1.82, 2.24) is 14.7 Å². The van der Waals surface area contributed by atoms with Crippen LogP contribution < -0.4 is 10.5 Å². The fourth-order valence-corrected chi connectivity index (χ4v) is 2.88. The van der Waals surface area contributed by atoms with Crippen molar-refractivity contribution < 1.29 is 8.42 Å². The minimum absolute atomic E-state index is 0.127. The smallest absolute Gasteiger partial charge is 0.216 e. The maximum Gasteiger partial charge on any atom is 0.216 e. The van der Waals surface area contributed by atoms with E-state index >= 15 is 0 Å². The van der Waals surface area contributed by atoms with Crippen molar-refractivity contribution in [1.29, 1.82) is 0 Å². The fraction of sp³-hybridized carbons (Fsp3) is 0.167. The Morgan fingerprint density at radius 3 is 2.90 bits per heavy atom. The summed E-state index contributed by atoms with van der Waals surface area (Å²) in [6.45, 7) is 0.178. The molecule has 0 atom stereocenters. The average molecular weight is 310 g/mol. The highest BCUT2D eigenvalue weighted by atomic mass is 32.2. The molecule has 0 saturated heterocycles. The van der Waals surface area contributed by atoms with Crippen LogP contribution in [-0.2, 0) is 22.3 Å². The number of rotatable bonds is 6. The number of hydrogen-bond donors (Lipinski definition) is 3. The molecule has 1 aromatic carbocycles. The van der Waals surface area contributed by atoms with Gasteiger partial charge in [0.15, 0.2) is 0 Å². The number of hydrogen-bond acceptors (Lipinski definition) is 4. The topological polar surface area (TPSA) is 101 Å². The van der Waals surface area contributed by atoms with E-state index in [1.54, 1.807) is 30.5 Å². The van der Waals surface area contributed by atoms with Crippen molar-refractivity contribution >= 4 is 27.2 Å². The molecule has 0 saturated carbocycles. The van der Waals surface area contributed by atoms with E-state index in [9.17, 15) is 8.42 Å². The Bertz CT molecular complexity index is 696. The summed E-state index contributed by atoms with van der Waals surface area (Å²) in [6, 6.07) is 6.87. The normalized spacial score (nSPS) is 11.4. The van der Waals surface area contributed by atoms with Crippen LogP contribution in [-0.4, -0.2) is 23.4 Å². The average Bonchev–Trinajstić information content (AvgIpc) is 2.89. The lowest BCUT2D eigenvalue weighted by molar-refractivity contribution is 0.579. The lowest BCUT2D eigenvalue weighted by Crippen LogP contribution is -2.25. The van der Waals surface area contributed by atoms with Gasteiger partial charge in [0.05, 0.1) is 18.6 Å². The van der Waals surface area contributed by atoms with Crippen LogP contribution in [0.2, 0.25) is 0 Å². The highest BCUT2D eigenvalue weighted by molar-refractivity contribution is 7.88. The highest BCUT2D eigenvalue weighted by Gasteiger charge is 2.12. The molecule has 1 aromatic heterocycles. The molecule has 0 bridgehead atoms. The Kier molecular flexibility index (Phi) is 4.48. The second kappa shape index (κ2) is 6.12. The first-order valence-corrected chi connectivity index (χ1v) is 7.86. The Morgan fingerprint density at radius 1 is 1.45 bits per heavy atom. The third-order valence-corrected chi connectivity index (χ3v) is 4.14. The summed E-state index contributed by atoms with van der Waals surface area (Å²) in [7, 11) is -3.44. The zero-order valence-corrected chi connectivity index (χ0v) is 12.2. The Hall–Kier alpha value is -1.77. The van der Waals surface area contributed by atoms with Gasteiger partial charge in [-0.15, -0.1) is 0 Å². The van der Waals surface area contributed by atoms with E-state index in [0.29, 0.717) is 16.8 Å². The van der Waals surface area contributed by atoms with Gasteiger partial charge in [-0.1, -0.05) is 30.4 Å². The van der Waals surface area contributed by atoms with Gasteiger partial charge >= 0.3 is 0 Å². The van der Waals surface area contributed by atoms with E-state index in [4.69, 9.17) is 18.0 Å². The monoisotopic (exact) mass is 310 g/mol. The minimum Gasteiger partial charge on any atom is -0.389 e. The second-order valence-electron chi connectivity index (χ2n) is 4.22. The number of aromatic amines is 1. The van der Waals surface area contributed by atoms with E-state index in [-0.39, 0.29) is 17.3 Å². The summed E-state index contributed by atoms with van der Waals surface area (Å²) < 4.78 is 26.4. The molecule has 0 radical (unpaired) electrons. The predicted molar refractivity (Wildman–Crippen MR) is 80.4 cm³/mol. The summed E-state index contributed by atoms with van der Waals surface area (Å²) >= 11 is 4.87. The molecular weight excluding hydrogens is 296 g/mol. The van der Waals surface area contributed by atoms with Crippen molar-refractivity contribution in [3.05, 3.63) is 53.6 Å². The molecule has 0 aliphatic rings. The Labute approximate surface area is 122 Å². The van der Waals surface area contributed by atoms with Crippen molar-refractivity contribution in [2.45, 2.75) is 12.3 Å². The van der Waals surface area contributed by atoms with Gasteiger partial charge in [-0.25, -0.2) is 18.1 Å². The number of nitrogens with two attached hydrogens (primary N) is 1. The summed E-state index contributed by atoms with van der Waals surface area (Å²) in [4.78, 5) is 6.89. The molecular formula is C12H14N4O2S2. The number of sulfonamides is 1. The van der Waals surface area contributed by atoms with Gasteiger partial charge in [-0.3, -0.25) is 0 Å². The number of nitrogens with zero attached hydrogens (tertiary/aromatic N) is 1. The van der Waals surface area contributed by atoms with E-state index < -0.39 is 10.0 Å². The molecule has 8 heteroatoms. The van der Waals surface area contributed by atoms with E-state index in [1.165, 1.54) is 6.33 Å². The molecule has 20 heavy (non-hydrogen) atoms. The van der Waals surface area contributed by atoms with E-state index in [1.807, 2.05) is 0 Å². The first kappa shape index (κ1) is 14.6. The zero-order valence-electron chi connectivity index (χ0n) is 10.5. The molecule has 4 N–H and O–H groups in total. The second-order valence-corrected chi connectivity index (χ2v) is 6.47. The number of thiocarbonyl (C=S) groups is 1. The number of imidazole rings is 1. The number of aromatic nitrogens is 2. The summed E-state index contributed by atoms with van der Waals surface area (Å²) in [5, 5.41) is 0. The maximum absolute atomic E-state index is 12.0. The van der Waals surface area contributed by atoms with Crippen LogP contribution in [0.5, 0.6) is 0 Å². The maximum atomic E-state index is 12.0. The van der Waals surface area contributed by atoms with Crippen LogP contribution in [0, 0.1) is 0 Å². The lowest BCUT2D eigenvalue weighted by atomic mass is 10.1. The molecule has 0 amide bonds. The number of H-pyrrole nitrogens is 1. The van der Waals surface area contributed by atoms with Crippen LogP contribution in [0.4, 0.5) is 0 Å². The van der Waals surface area contributed by atoms with Gasteiger partial charge in [0.2, 0.25) is 10.0 Å². The van der Waals surface area contributed by atoms with Gasteiger partial charge in [-0.2, -0.15) is 0 Å². The van der Waals surface area contributed by atoms with Crippen molar-refractivity contribution in [3.8, 4) is 0 Å². The van der Waals surface area contributed by atoms with Crippen molar-refractivity contribution in [2.75, 3.05) is 0 Å². The first-order chi connectivity index (χ1) is 9.46. The standard InChI is InChI=1S/C12H14N4O2S2/c13-12(19)10-3-1-2-9(4-10)7-20(17,18)16-6-11-5-14-8-15-11/h1-5,8,16H,6-7H2,(H2,13,19)(H,14,15). The largest absolute Gasteiger partial charge is 0.389 e. The quantitative estimate of drug-likeness (QED) is 0.681. The molecule has 106 valence electrons. The first-order valence-electron chi connectivity index (χ1n) is 5.79. The molecule has 1 heterocycles. The van der Waals surface area contributed by atoms with Crippen LogP contribution in [0.15, 0.2) is 36.8 Å². The molecule has 2 rings (SSSR count). The van der Waals surface area contributed by atoms with Gasteiger partial charge in [0, 0.05) is 17.5 Å². The van der Waals surface area contributed by atoms with Gasteiger partial charge in [0.1, 0.15) is 4.99 Å². The summed E-state index contributed by atoms with van der Waals surface area (Å²) in [5.41, 5.74) is 7.51. The summed E-state index contributed by atoms with van der Waals surface area (Å²) in [6.07, 6.45) is 3.06. The SMILES string of the molecule is NC(=S)c1cccc(CS(=O)(=O)NCc2cnc[nH]2)c1. The fourth-order valence-electron chi connectivity index (χ4n) is 1.65. The number of benzene rings is 1. The molecule has 6 nitrogen and oxygen atoms in total. The molecule has 0 aliphatic carbocycles. The highest BCUT2D eigenvalue weighted by Crippen LogP contribution is 2.09. The van der Waals surface area contributed by atoms with Crippen LogP contribution in [0.25, 0.3) is 0 Å². The summed E-state index contributed by atoms with van der Waals surface area (Å²) in [5.74, 6) is -0.127. The molecule has 0 aliphatic heterocycles. The molecule has 0 fully saturated rings. The van der Waals surface area contributed by atoms with Crippen molar-refractivity contribution in [3.63, 3.8) is 0 Å². The van der Waals surface area contributed by atoms with E-state index in [0.717, 1.165) is 0 Å². The van der Waals surface area contributed by atoms with Gasteiger partial charge in [0.25, 0.3) is 0 Å². The predicted octanol–water partition coefficient (Wildman–Crippen LogP) is 0.663. The minimum atomic E-state index is -3.44. The van der Waals surface area contributed by atoms with Gasteiger partial charge in [-0.05, 0) is 11.6 Å². The zero-order chi connectivity index (χ0) is 14.6. The third-order valence-electron chi connectivity index (χ3n) is 2.61. The van der Waals surface area contributed by atoms with E-state index in [2.05, 4.69) is 14.7 Å². The molecule has 0 unspecified atom stereocenters. The number of nitrogens with one attached hydrogen (secondary N) is 2. The van der Waals surface area contributed by atoms with Crippen molar-refractivity contribution in [2.24, 2.45) is 5.73 Å².